The minimum absolute atomic E-state index is 0.138. The highest BCUT2D eigenvalue weighted by molar-refractivity contribution is 14.1. The molecule has 1 saturated heterocycles. The standard InChI is InChI=1S/C15H20BrIN2O/c1-3-11(2)18-6-8-19(9-7-18)15(20)13-10-12(17)4-5-14(13)16/h4-5,10-11H,3,6-9H2,1-2H3. The van der Waals surface area contributed by atoms with Gasteiger partial charge >= 0.3 is 0 Å². The molecule has 0 radical (unpaired) electrons. The van der Waals surface area contributed by atoms with E-state index < -0.39 is 0 Å². The lowest BCUT2D eigenvalue weighted by molar-refractivity contribution is 0.0579. The van der Waals surface area contributed by atoms with Crippen molar-refractivity contribution >= 4 is 44.4 Å². The average Bonchev–Trinajstić information content (AvgIpc) is 2.48. The number of carbonyl (C=O) groups excluding carboxylic acids is 1. The molecule has 0 aliphatic carbocycles. The van der Waals surface area contributed by atoms with Crippen LogP contribution >= 0.6 is 38.5 Å². The summed E-state index contributed by atoms with van der Waals surface area (Å²) in [6.07, 6.45) is 1.16. The molecule has 1 aromatic rings. The van der Waals surface area contributed by atoms with E-state index in [-0.39, 0.29) is 5.91 Å². The molecule has 1 amide bonds. The molecule has 20 heavy (non-hydrogen) atoms. The topological polar surface area (TPSA) is 23.6 Å². The zero-order chi connectivity index (χ0) is 14.7. The van der Waals surface area contributed by atoms with E-state index in [1.165, 1.54) is 0 Å². The van der Waals surface area contributed by atoms with Gasteiger partial charge in [0.25, 0.3) is 5.91 Å². The Labute approximate surface area is 143 Å². The van der Waals surface area contributed by atoms with Crippen molar-refractivity contribution in [2.24, 2.45) is 0 Å². The van der Waals surface area contributed by atoms with Crippen LogP contribution in [0.5, 0.6) is 0 Å². The Morgan fingerprint density at radius 3 is 2.60 bits per heavy atom. The molecule has 1 unspecified atom stereocenters. The van der Waals surface area contributed by atoms with Gasteiger partial charge in [0.2, 0.25) is 0 Å². The molecular weight excluding hydrogens is 431 g/mol. The van der Waals surface area contributed by atoms with Crippen LogP contribution in [-0.4, -0.2) is 47.9 Å². The van der Waals surface area contributed by atoms with E-state index in [1.807, 2.05) is 23.1 Å². The molecule has 5 heteroatoms. The van der Waals surface area contributed by atoms with Crippen LogP contribution < -0.4 is 0 Å². The van der Waals surface area contributed by atoms with Crippen molar-refractivity contribution in [3.05, 3.63) is 31.8 Å². The van der Waals surface area contributed by atoms with Crippen molar-refractivity contribution in [3.8, 4) is 0 Å². The number of amides is 1. The maximum atomic E-state index is 12.6. The Morgan fingerprint density at radius 2 is 2.00 bits per heavy atom. The van der Waals surface area contributed by atoms with Crippen LogP contribution in [0.2, 0.25) is 0 Å². The van der Waals surface area contributed by atoms with Gasteiger partial charge in [-0.15, -0.1) is 0 Å². The predicted molar refractivity (Wildman–Crippen MR) is 94.1 cm³/mol. The number of carbonyl (C=O) groups is 1. The summed E-state index contributed by atoms with van der Waals surface area (Å²) in [7, 11) is 0. The van der Waals surface area contributed by atoms with Crippen LogP contribution in [0.15, 0.2) is 22.7 Å². The molecule has 2 rings (SSSR count). The number of hydrogen-bond donors (Lipinski definition) is 0. The van der Waals surface area contributed by atoms with Crippen LogP contribution in [0.4, 0.5) is 0 Å². The van der Waals surface area contributed by atoms with E-state index in [4.69, 9.17) is 0 Å². The minimum Gasteiger partial charge on any atom is -0.336 e. The van der Waals surface area contributed by atoms with E-state index in [1.54, 1.807) is 0 Å². The Balaban J connectivity index is 2.03. The summed E-state index contributed by atoms with van der Waals surface area (Å²) in [5.41, 5.74) is 0.772. The van der Waals surface area contributed by atoms with Crippen molar-refractivity contribution in [1.29, 1.82) is 0 Å². The van der Waals surface area contributed by atoms with Gasteiger partial charge in [-0.3, -0.25) is 9.69 Å². The summed E-state index contributed by atoms with van der Waals surface area (Å²) in [6, 6.07) is 6.51. The van der Waals surface area contributed by atoms with Crippen LogP contribution in [-0.2, 0) is 0 Å². The highest BCUT2D eigenvalue weighted by Gasteiger charge is 2.25. The van der Waals surface area contributed by atoms with Gasteiger partial charge in [0.15, 0.2) is 0 Å². The van der Waals surface area contributed by atoms with E-state index >= 15 is 0 Å². The first-order valence-corrected chi connectivity index (χ1v) is 8.88. The lowest BCUT2D eigenvalue weighted by Crippen LogP contribution is -2.51. The lowest BCUT2D eigenvalue weighted by Gasteiger charge is -2.38. The Bertz CT molecular complexity index is 487. The molecule has 1 aliphatic heterocycles. The first-order valence-electron chi connectivity index (χ1n) is 7.01. The molecule has 3 nitrogen and oxygen atoms in total. The van der Waals surface area contributed by atoms with Crippen LogP contribution in [0, 0.1) is 3.57 Å². The fraction of sp³-hybridized carbons (Fsp3) is 0.533. The summed E-state index contributed by atoms with van der Waals surface area (Å²) < 4.78 is 1.97. The van der Waals surface area contributed by atoms with E-state index in [2.05, 4.69) is 57.3 Å². The maximum absolute atomic E-state index is 12.6. The van der Waals surface area contributed by atoms with Gasteiger partial charge in [-0.2, -0.15) is 0 Å². The summed E-state index contributed by atoms with van der Waals surface area (Å²) in [5, 5.41) is 0. The fourth-order valence-corrected chi connectivity index (χ4v) is 3.36. The second-order valence-corrected chi connectivity index (χ2v) is 7.31. The van der Waals surface area contributed by atoms with E-state index in [0.29, 0.717) is 6.04 Å². The number of hydrogen-bond acceptors (Lipinski definition) is 2. The second-order valence-electron chi connectivity index (χ2n) is 5.21. The number of halogens is 2. The SMILES string of the molecule is CCC(C)N1CCN(C(=O)c2cc(I)ccc2Br)CC1. The summed E-state index contributed by atoms with van der Waals surface area (Å²) in [4.78, 5) is 17.0. The molecule has 1 atom stereocenters. The van der Waals surface area contributed by atoms with Gasteiger partial charge in [0, 0.05) is 40.3 Å². The molecule has 0 N–H and O–H groups in total. The summed E-state index contributed by atoms with van der Waals surface area (Å²) in [5.74, 6) is 0.138. The highest BCUT2D eigenvalue weighted by atomic mass is 127. The van der Waals surface area contributed by atoms with Crippen LogP contribution in [0.1, 0.15) is 30.6 Å². The van der Waals surface area contributed by atoms with Crippen molar-refractivity contribution in [2.45, 2.75) is 26.3 Å². The fourth-order valence-electron chi connectivity index (χ4n) is 2.46. The second kappa shape index (κ2) is 7.22. The smallest absolute Gasteiger partial charge is 0.255 e. The molecule has 1 aromatic carbocycles. The van der Waals surface area contributed by atoms with Crippen LogP contribution in [0.25, 0.3) is 0 Å². The van der Waals surface area contributed by atoms with E-state index in [9.17, 15) is 4.79 Å². The molecule has 1 aliphatic rings. The number of piperazine rings is 1. The van der Waals surface area contributed by atoms with Gasteiger partial charge in [-0.1, -0.05) is 6.92 Å². The Kier molecular flexibility index (Phi) is 5.86. The summed E-state index contributed by atoms with van der Waals surface area (Å²) in [6.45, 7) is 8.06. The van der Waals surface area contributed by atoms with Crippen molar-refractivity contribution in [1.82, 2.24) is 9.80 Å². The molecule has 110 valence electrons. The third kappa shape index (κ3) is 3.74. The van der Waals surface area contributed by atoms with Gasteiger partial charge in [0.1, 0.15) is 0 Å². The zero-order valence-corrected chi connectivity index (χ0v) is 15.6. The molecule has 0 saturated carbocycles. The van der Waals surface area contributed by atoms with Gasteiger partial charge < -0.3 is 4.90 Å². The average molecular weight is 451 g/mol. The lowest BCUT2D eigenvalue weighted by atomic mass is 10.1. The zero-order valence-electron chi connectivity index (χ0n) is 11.9. The third-order valence-electron chi connectivity index (χ3n) is 3.97. The highest BCUT2D eigenvalue weighted by Crippen LogP contribution is 2.22. The molecule has 0 spiro atoms. The number of benzene rings is 1. The first-order chi connectivity index (χ1) is 9.52. The normalized spacial score (nSPS) is 18.1. The number of rotatable bonds is 3. The molecule has 0 aromatic heterocycles. The van der Waals surface area contributed by atoms with Crippen molar-refractivity contribution in [3.63, 3.8) is 0 Å². The summed E-state index contributed by atoms with van der Waals surface area (Å²) >= 11 is 5.73. The molecular formula is C15H20BrIN2O. The van der Waals surface area contributed by atoms with Crippen LogP contribution in [0.3, 0.4) is 0 Å². The number of nitrogens with zero attached hydrogens (tertiary/aromatic N) is 2. The molecule has 1 heterocycles. The Hall–Kier alpha value is -0.140. The largest absolute Gasteiger partial charge is 0.336 e. The van der Waals surface area contributed by atoms with Gasteiger partial charge in [0.05, 0.1) is 5.56 Å². The molecule has 0 bridgehead atoms. The minimum atomic E-state index is 0.138. The van der Waals surface area contributed by atoms with E-state index in [0.717, 1.165) is 46.2 Å². The molecule has 1 fully saturated rings. The van der Waals surface area contributed by atoms with Crippen molar-refractivity contribution in [2.75, 3.05) is 26.2 Å². The quantitative estimate of drug-likeness (QED) is 0.656. The predicted octanol–water partition coefficient (Wildman–Crippen LogP) is 3.61. The van der Waals surface area contributed by atoms with Crippen molar-refractivity contribution < 1.29 is 4.79 Å². The third-order valence-corrected chi connectivity index (χ3v) is 5.34. The van der Waals surface area contributed by atoms with Gasteiger partial charge in [-0.25, -0.2) is 0 Å². The maximum Gasteiger partial charge on any atom is 0.255 e. The first kappa shape index (κ1) is 16.2. The van der Waals surface area contributed by atoms with Gasteiger partial charge in [-0.05, 0) is 70.1 Å². The Morgan fingerprint density at radius 1 is 1.35 bits per heavy atom. The monoisotopic (exact) mass is 450 g/mol.